The summed E-state index contributed by atoms with van der Waals surface area (Å²) in [6.07, 6.45) is 0. The van der Waals surface area contributed by atoms with Gasteiger partial charge in [-0.25, -0.2) is 0 Å². The number of nitro benzene ring substituents is 1. The van der Waals surface area contributed by atoms with Crippen LogP contribution in [0.4, 0.5) is 5.69 Å². The summed E-state index contributed by atoms with van der Waals surface area (Å²) in [7, 11) is 0. The Balaban J connectivity index is 2.08. The first-order valence-electron chi connectivity index (χ1n) is 5.94. The lowest BCUT2D eigenvalue weighted by Gasteiger charge is -2.06. The van der Waals surface area contributed by atoms with Crippen molar-refractivity contribution >= 4 is 34.8 Å². The molecule has 0 radical (unpaired) electrons. The molecule has 0 unspecified atom stereocenters. The van der Waals surface area contributed by atoms with Crippen molar-refractivity contribution in [2.45, 2.75) is 6.54 Å². The summed E-state index contributed by atoms with van der Waals surface area (Å²) >= 11 is 11.5. The van der Waals surface area contributed by atoms with Crippen LogP contribution in [0.1, 0.15) is 15.9 Å². The molecule has 0 aliphatic rings. The van der Waals surface area contributed by atoms with Crippen LogP contribution >= 0.6 is 23.2 Å². The standard InChI is InChI=1S/C14H10Cl2N2O3/c15-11-4-1-9(2-5-11)8-17-14(19)10-3-6-12(16)13(7-10)18(20)21/h1-7H,8H2,(H,17,19). The lowest BCUT2D eigenvalue weighted by atomic mass is 10.1. The molecule has 5 nitrogen and oxygen atoms in total. The fourth-order valence-corrected chi connectivity index (χ4v) is 1.99. The van der Waals surface area contributed by atoms with Crippen LogP contribution in [-0.4, -0.2) is 10.8 Å². The Morgan fingerprint density at radius 3 is 2.43 bits per heavy atom. The summed E-state index contributed by atoms with van der Waals surface area (Å²) in [5, 5.41) is 14.1. The van der Waals surface area contributed by atoms with Crippen LogP contribution in [0.2, 0.25) is 10.0 Å². The number of amides is 1. The van der Waals surface area contributed by atoms with Crippen LogP contribution in [0, 0.1) is 10.1 Å². The number of rotatable bonds is 4. The second-order valence-electron chi connectivity index (χ2n) is 4.23. The Hall–Kier alpha value is -2.11. The predicted octanol–water partition coefficient (Wildman–Crippen LogP) is 3.83. The maximum atomic E-state index is 12.0. The van der Waals surface area contributed by atoms with Crippen molar-refractivity contribution in [2.75, 3.05) is 0 Å². The van der Waals surface area contributed by atoms with Crippen molar-refractivity contribution in [3.63, 3.8) is 0 Å². The van der Waals surface area contributed by atoms with Gasteiger partial charge in [-0.2, -0.15) is 0 Å². The third-order valence-corrected chi connectivity index (χ3v) is 3.34. The van der Waals surface area contributed by atoms with Gasteiger partial charge >= 0.3 is 0 Å². The van der Waals surface area contributed by atoms with Crippen LogP contribution in [0.25, 0.3) is 0 Å². The molecule has 2 rings (SSSR count). The highest BCUT2D eigenvalue weighted by Gasteiger charge is 2.16. The van der Waals surface area contributed by atoms with Crippen molar-refractivity contribution in [3.05, 3.63) is 73.8 Å². The average molecular weight is 325 g/mol. The van der Waals surface area contributed by atoms with Gasteiger partial charge in [0, 0.05) is 23.2 Å². The van der Waals surface area contributed by atoms with Crippen molar-refractivity contribution in [2.24, 2.45) is 0 Å². The van der Waals surface area contributed by atoms with Gasteiger partial charge in [0.25, 0.3) is 11.6 Å². The van der Waals surface area contributed by atoms with E-state index in [1.54, 1.807) is 24.3 Å². The summed E-state index contributed by atoms with van der Waals surface area (Å²) in [5.74, 6) is -0.412. The zero-order valence-corrected chi connectivity index (χ0v) is 12.2. The quantitative estimate of drug-likeness (QED) is 0.686. The van der Waals surface area contributed by atoms with Gasteiger partial charge < -0.3 is 5.32 Å². The van der Waals surface area contributed by atoms with E-state index in [1.165, 1.54) is 12.1 Å². The normalized spacial score (nSPS) is 10.2. The predicted molar refractivity (Wildman–Crippen MR) is 80.7 cm³/mol. The lowest BCUT2D eigenvalue weighted by Crippen LogP contribution is -2.22. The zero-order valence-electron chi connectivity index (χ0n) is 10.7. The van der Waals surface area contributed by atoms with Crippen molar-refractivity contribution in [1.82, 2.24) is 5.32 Å². The number of nitrogens with one attached hydrogen (secondary N) is 1. The topological polar surface area (TPSA) is 72.2 Å². The fraction of sp³-hybridized carbons (Fsp3) is 0.0714. The molecular formula is C14H10Cl2N2O3. The summed E-state index contributed by atoms with van der Waals surface area (Å²) in [4.78, 5) is 22.1. The van der Waals surface area contributed by atoms with Gasteiger partial charge in [0.2, 0.25) is 0 Å². The second-order valence-corrected chi connectivity index (χ2v) is 5.08. The molecule has 0 fully saturated rings. The summed E-state index contributed by atoms with van der Waals surface area (Å²) < 4.78 is 0. The molecular weight excluding hydrogens is 315 g/mol. The minimum Gasteiger partial charge on any atom is -0.348 e. The molecule has 108 valence electrons. The van der Waals surface area contributed by atoms with E-state index in [9.17, 15) is 14.9 Å². The van der Waals surface area contributed by atoms with Gasteiger partial charge in [-0.15, -0.1) is 0 Å². The molecule has 0 saturated carbocycles. The third kappa shape index (κ3) is 3.93. The van der Waals surface area contributed by atoms with E-state index in [-0.39, 0.29) is 16.3 Å². The van der Waals surface area contributed by atoms with Gasteiger partial charge in [0.15, 0.2) is 0 Å². The van der Waals surface area contributed by atoms with E-state index in [0.717, 1.165) is 11.6 Å². The molecule has 0 aliphatic carbocycles. The molecule has 0 aliphatic heterocycles. The maximum Gasteiger partial charge on any atom is 0.288 e. The highest BCUT2D eigenvalue weighted by molar-refractivity contribution is 6.32. The van der Waals surface area contributed by atoms with Crippen LogP contribution in [0.5, 0.6) is 0 Å². The van der Waals surface area contributed by atoms with E-state index < -0.39 is 10.8 Å². The van der Waals surface area contributed by atoms with Crippen molar-refractivity contribution in [3.8, 4) is 0 Å². The van der Waals surface area contributed by atoms with Gasteiger partial charge in [-0.3, -0.25) is 14.9 Å². The molecule has 0 bridgehead atoms. The number of nitrogens with zero attached hydrogens (tertiary/aromatic N) is 1. The van der Waals surface area contributed by atoms with Crippen LogP contribution in [0.15, 0.2) is 42.5 Å². The number of hydrogen-bond acceptors (Lipinski definition) is 3. The molecule has 1 N–H and O–H groups in total. The molecule has 1 amide bonds. The first-order chi connectivity index (χ1) is 9.97. The highest BCUT2D eigenvalue weighted by Crippen LogP contribution is 2.25. The Morgan fingerprint density at radius 2 is 1.81 bits per heavy atom. The van der Waals surface area contributed by atoms with E-state index in [1.807, 2.05) is 0 Å². The molecule has 2 aromatic carbocycles. The Bertz CT molecular complexity index is 687. The number of hydrogen-bond donors (Lipinski definition) is 1. The molecule has 7 heteroatoms. The summed E-state index contributed by atoms with van der Waals surface area (Å²) in [6.45, 7) is 0.298. The van der Waals surface area contributed by atoms with E-state index in [2.05, 4.69) is 5.32 Å². The number of carbonyl (C=O) groups excluding carboxylic acids is 1. The Morgan fingerprint density at radius 1 is 1.14 bits per heavy atom. The highest BCUT2D eigenvalue weighted by atomic mass is 35.5. The van der Waals surface area contributed by atoms with Crippen molar-refractivity contribution in [1.29, 1.82) is 0 Å². The van der Waals surface area contributed by atoms with Gasteiger partial charge in [0.1, 0.15) is 5.02 Å². The molecule has 0 saturated heterocycles. The van der Waals surface area contributed by atoms with E-state index in [4.69, 9.17) is 23.2 Å². The molecule has 0 heterocycles. The molecule has 0 aromatic heterocycles. The number of nitro groups is 1. The number of halogens is 2. The van der Waals surface area contributed by atoms with Crippen LogP contribution < -0.4 is 5.32 Å². The van der Waals surface area contributed by atoms with Gasteiger partial charge in [-0.1, -0.05) is 35.3 Å². The summed E-state index contributed by atoms with van der Waals surface area (Å²) in [5.41, 5.74) is 0.757. The first-order valence-corrected chi connectivity index (χ1v) is 6.69. The van der Waals surface area contributed by atoms with E-state index >= 15 is 0 Å². The molecule has 0 spiro atoms. The van der Waals surface area contributed by atoms with Crippen LogP contribution in [-0.2, 0) is 6.54 Å². The largest absolute Gasteiger partial charge is 0.348 e. The van der Waals surface area contributed by atoms with Crippen LogP contribution in [0.3, 0.4) is 0 Å². The smallest absolute Gasteiger partial charge is 0.288 e. The Kier molecular flexibility index (Phi) is 4.77. The number of carbonyl (C=O) groups is 1. The average Bonchev–Trinajstić information content (AvgIpc) is 2.46. The van der Waals surface area contributed by atoms with Crippen molar-refractivity contribution < 1.29 is 9.72 Å². The Labute approximate surface area is 130 Å². The monoisotopic (exact) mass is 324 g/mol. The van der Waals surface area contributed by atoms with E-state index in [0.29, 0.717) is 11.6 Å². The summed E-state index contributed by atoms with van der Waals surface area (Å²) in [6, 6.07) is 10.9. The fourth-order valence-electron chi connectivity index (χ4n) is 1.68. The minimum atomic E-state index is -0.627. The third-order valence-electron chi connectivity index (χ3n) is 2.77. The SMILES string of the molecule is O=C(NCc1ccc(Cl)cc1)c1ccc(Cl)c([N+](=O)[O-])c1. The second kappa shape index (κ2) is 6.56. The molecule has 0 atom stereocenters. The zero-order chi connectivity index (χ0) is 15.4. The van der Waals surface area contributed by atoms with Gasteiger partial charge in [0.05, 0.1) is 4.92 Å². The maximum absolute atomic E-state index is 12.0. The lowest BCUT2D eigenvalue weighted by molar-refractivity contribution is -0.384. The molecule has 21 heavy (non-hydrogen) atoms. The molecule has 2 aromatic rings. The first kappa shape index (κ1) is 15.3. The van der Waals surface area contributed by atoms with Gasteiger partial charge in [-0.05, 0) is 29.8 Å². The number of benzene rings is 2. The minimum absolute atomic E-state index is 0.00532.